The van der Waals surface area contributed by atoms with E-state index in [0.717, 1.165) is 17.7 Å². The van der Waals surface area contributed by atoms with E-state index in [1.54, 1.807) is 6.07 Å². The maximum atomic E-state index is 13.2. The van der Waals surface area contributed by atoms with Gasteiger partial charge in [-0.15, -0.1) is 0 Å². The maximum absolute atomic E-state index is 13.2. The molecule has 0 aliphatic heterocycles. The molecule has 0 saturated carbocycles. The van der Waals surface area contributed by atoms with E-state index in [0.29, 0.717) is 12.6 Å². The zero-order valence-electron chi connectivity index (χ0n) is 11.1. The molecule has 0 bridgehead atoms. The fourth-order valence-electron chi connectivity index (χ4n) is 1.42. The molecule has 17 heavy (non-hydrogen) atoms. The molecule has 2 nitrogen and oxygen atoms in total. The van der Waals surface area contributed by atoms with Gasteiger partial charge < -0.3 is 10.1 Å². The van der Waals surface area contributed by atoms with Crippen LogP contribution in [0.5, 0.6) is 5.75 Å². The van der Waals surface area contributed by atoms with E-state index in [2.05, 4.69) is 26.1 Å². The standard InChI is InChI=1S/C14H22FNO/c1-5-11(4)17-14-7-6-13(15)8-12(14)9-16-10(2)3/h6-8,10-11,16H,5,9H2,1-4H3. The summed E-state index contributed by atoms with van der Waals surface area (Å²) in [5, 5.41) is 3.27. The second kappa shape index (κ2) is 6.60. The van der Waals surface area contributed by atoms with Crippen molar-refractivity contribution in [3.63, 3.8) is 0 Å². The third-order valence-electron chi connectivity index (χ3n) is 2.63. The molecule has 1 aromatic carbocycles. The van der Waals surface area contributed by atoms with Crippen LogP contribution in [-0.4, -0.2) is 12.1 Å². The topological polar surface area (TPSA) is 21.3 Å². The molecule has 96 valence electrons. The van der Waals surface area contributed by atoms with Gasteiger partial charge in [0.2, 0.25) is 0 Å². The van der Waals surface area contributed by atoms with Gasteiger partial charge in [-0.3, -0.25) is 0 Å². The van der Waals surface area contributed by atoms with Gasteiger partial charge in [-0.05, 0) is 31.5 Å². The highest BCUT2D eigenvalue weighted by Crippen LogP contribution is 2.21. The summed E-state index contributed by atoms with van der Waals surface area (Å²) in [5.41, 5.74) is 0.874. The molecule has 1 atom stereocenters. The Morgan fingerprint density at radius 1 is 1.29 bits per heavy atom. The lowest BCUT2D eigenvalue weighted by molar-refractivity contribution is 0.214. The van der Waals surface area contributed by atoms with Crippen LogP contribution in [0.15, 0.2) is 18.2 Å². The van der Waals surface area contributed by atoms with Crippen LogP contribution in [0.25, 0.3) is 0 Å². The molecule has 1 unspecified atom stereocenters. The average molecular weight is 239 g/mol. The first-order valence-electron chi connectivity index (χ1n) is 6.21. The molecule has 1 N–H and O–H groups in total. The third kappa shape index (κ3) is 4.73. The molecule has 0 radical (unpaired) electrons. The molecule has 0 aromatic heterocycles. The number of ether oxygens (including phenoxy) is 1. The zero-order valence-corrected chi connectivity index (χ0v) is 11.1. The van der Waals surface area contributed by atoms with E-state index < -0.39 is 0 Å². The monoisotopic (exact) mass is 239 g/mol. The fraction of sp³-hybridized carbons (Fsp3) is 0.571. The summed E-state index contributed by atoms with van der Waals surface area (Å²) in [6, 6.07) is 5.05. The third-order valence-corrected chi connectivity index (χ3v) is 2.63. The molecule has 0 aliphatic rings. The first-order valence-corrected chi connectivity index (χ1v) is 6.21. The van der Waals surface area contributed by atoms with Gasteiger partial charge in [0.15, 0.2) is 0 Å². The van der Waals surface area contributed by atoms with E-state index in [9.17, 15) is 4.39 Å². The highest BCUT2D eigenvalue weighted by atomic mass is 19.1. The summed E-state index contributed by atoms with van der Waals surface area (Å²) < 4.78 is 19.0. The summed E-state index contributed by atoms with van der Waals surface area (Å²) in [4.78, 5) is 0. The molecule has 0 spiro atoms. The van der Waals surface area contributed by atoms with Crippen molar-refractivity contribution in [3.8, 4) is 5.75 Å². The normalized spacial score (nSPS) is 12.8. The minimum atomic E-state index is -0.220. The minimum absolute atomic E-state index is 0.151. The van der Waals surface area contributed by atoms with Crippen LogP contribution >= 0.6 is 0 Å². The molecular formula is C14H22FNO. The number of hydrogen-bond acceptors (Lipinski definition) is 2. The SMILES string of the molecule is CCC(C)Oc1ccc(F)cc1CNC(C)C. The maximum Gasteiger partial charge on any atom is 0.124 e. The van der Waals surface area contributed by atoms with E-state index >= 15 is 0 Å². The van der Waals surface area contributed by atoms with Gasteiger partial charge in [0, 0.05) is 18.2 Å². The van der Waals surface area contributed by atoms with Gasteiger partial charge in [0.25, 0.3) is 0 Å². The number of benzene rings is 1. The van der Waals surface area contributed by atoms with Crippen molar-refractivity contribution in [2.24, 2.45) is 0 Å². The van der Waals surface area contributed by atoms with Crippen molar-refractivity contribution in [2.75, 3.05) is 0 Å². The average Bonchev–Trinajstić information content (AvgIpc) is 2.29. The molecule has 3 heteroatoms. The van der Waals surface area contributed by atoms with Crippen LogP contribution in [0.3, 0.4) is 0 Å². The number of nitrogens with one attached hydrogen (secondary N) is 1. The summed E-state index contributed by atoms with van der Waals surface area (Å²) >= 11 is 0. The smallest absolute Gasteiger partial charge is 0.124 e. The lowest BCUT2D eigenvalue weighted by Gasteiger charge is -2.17. The van der Waals surface area contributed by atoms with Crippen molar-refractivity contribution in [1.29, 1.82) is 0 Å². The van der Waals surface area contributed by atoms with Crippen LogP contribution in [0, 0.1) is 5.82 Å². The van der Waals surface area contributed by atoms with E-state index in [1.807, 2.05) is 6.92 Å². The molecule has 1 rings (SSSR count). The van der Waals surface area contributed by atoms with Crippen molar-refractivity contribution >= 4 is 0 Å². The summed E-state index contributed by atoms with van der Waals surface area (Å²) in [6.45, 7) is 8.84. The molecule has 0 amide bonds. The number of rotatable bonds is 6. The Kier molecular flexibility index (Phi) is 5.42. The molecule has 0 heterocycles. The second-order valence-electron chi connectivity index (χ2n) is 4.62. The first-order chi connectivity index (χ1) is 8.02. The lowest BCUT2D eigenvalue weighted by Crippen LogP contribution is -2.22. The van der Waals surface area contributed by atoms with Crippen LogP contribution < -0.4 is 10.1 Å². The van der Waals surface area contributed by atoms with Gasteiger partial charge >= 0.3 is 0 Å². The highest BCUT2D eigenvalue weighted by molar-refractivity contribution is 5.34. The summed E-state index contributed by atoms with van der Waals surface area (Å²) in [6.07, 6.45) is 1.09. The molecule has 0 aliphatic carbocycles. The van der Waals surface area contributed by atoms with Crippen LogP contribution in [-0.2, 0) is 6.54 Å². The van der Waals surface area contributed by atoms with Crippen molar-refractivity contribution in [1.82, 2.24) is 5.32 Å². The van der Waals surface area contributed by atoms with Crippen molar-refractivity contribution < 1.29 is 9.13 Å². The Bertz CT molecular complexity index is 352. The summed E-state index contributed by atoms with van der Waals surface area (Å²) in [5.74, 6) is 0.552. The zero-order chi connectivity index (χ0) is 12.8. The summed E-state index contributed by atoms with van der Waals surface area (Å²) in [7, 11) is 0. The van der Waals surface area contributed by atoms with Gasteiger partial charge in [0.05, 0.1) is 6.10 Å². The molecule has 0 saturated heterocycles. The lowest BCUT2D eigenvalue weighted by atomic mass is 10.1. The molecular weight excluding hydrogens is 217 g/mol. The Morgan fingerprint density at radius 2 is 2.00 bits per heavy atom. The van der Waals surface area contributed by atoms with Crippen LogP contribution in [0.4, 0.5) is 4.39 Å². The Hall–Kier alpha value is -1.09. The van der Waals surface area contributed by atoms with Crippen LogP contribution in [0.1, 0.15) is 39.7 Å². The Morgan fingerprint density at radius 3 is 2.59 bits per heavy atom. The number of hydrogen-bond donors (Lipinski definition) is 1. The largest absolute Gasteiger partial charge is 0.490 e. The van der Waals surface area contributed by atoms with Crippen LogP contribution in [0.2, 0.25) is 0 Å². The fourth-order valence-corrected chi connectivity index (χ4v) is 1.42. The predicted octanol–water partition coefficient (Wildman–Crippen LogP) is 3.50. The van der Waals surface area contributed by atoms with Gasteiger partial charge in [-0.25, -0.2) is 4.39 Å². The molecule has 0 fully saturated rings. The number of halogens is 1. The molecule has 1 aromatic rings. The van der Waals surface area contributed by atoms with Gasteiger partial charge in [-0.2, -0.15) is 0 Å². The first kappa shape index (κ1) is 14.0. The van der Waals surface area contributed by atoms with Gasteiger partial charge in [-0.1, -0.05) is 20.8 Å². The van der Waals surface area contributed by atoms with E-state index in [-0.39, 0.29) is 11.9 Å². The second-order valence-corrected chi connectivity index (χ2v) is 4.62. The quantitative estimate of drug-likeness (QED) is 0.820. The Labute approximate surface area is 103 Å². The Balaban J connectivity index is 2.79. The van der Waals surface area contributed by atoms with Crippen molar-refractivity contribution in [2.45, 2.75) is 52.8 Å². The predicted molar refractivity (Wildman–Crippen MR) is 68.8 cm³/mol. The minimum Gasteiger partial charge on any atom is -0.490 e. The van der Waals surface area contributed by atoms with E-state index in [1.165, 1.54) is 12.1 Å². The van der Waals surface area contributed by atoms with E-state index in [4.69, 9.17) is 4.74 Å². The van der Waals surface area contributed by atoms with Crippen molar-refractivity contribution in [3.05, 3.63) is 29.6 Å². The van der Waals surface area contributed by atoms with Gasteiger partial charge in [0.1, 0.15) is 11.6 Å². The highest BCUT2D eigenvalue weighted by Gasteiger charge is 2.08.